The van der Waals surface area contributed by atoms with Gasteiger partial charge in [-0.2, -0.15) is 0 Å². The summed E-state index contributed by atoms with van der Waals surface area (Å²) in [6.07, 6.45) is 4.36. The summed E-state index contributed by atoms with van der Waals surface area (Å²) < 4.78 is 0. The van der Waals surface area contributed by atoms with Crippen LogP contribution in [-0.4, -0.2) is 17.7 Å². The molecule has 2 nitrogen and oxygen atoms in total. The molecule has 0 amide bonds. The second-order valence-corrected chi connectivity index (χ2v) is 5.75. The number of nitrogens with one attached hydrogen (secondary N) is 1. The topological polar surface area (TPSA) is 32.3 Å². The minimum Gasteiger partial charge on any atom is -0.388 e. The van der Waals surface area contributed by atoms with Crippen LogP contribution in [0.4, 0.5) is 0 Å². The van der Waals surface area contributed by atoms with Gasteiger partial charge in [0.1, 0.15) is 0 Å². The molecule has 2 unspecified atom stereocenters. The highest BCUT2D eigenvalue weighted by Crippen LogP contribution is 2.54. The van der Waals surface area contributed by atoms with E-state index in [9.17, 15) is 5.11 Å². The summed E-state index contributed by atoms with van der Waals surface area (Å²) in [5.41, 5.74) is 1.14. The van der Waals surface area contributed by atoms with Gasteiger partial charge in [-0.05, 0) is 31.7 Å². The molecule has 0 aromatic heterocycles. The van der Waals surface area contributed by atoms with E-state index >= 15 is 0 Å². The monoisotopic (exact) mass is 247 g/mol. The van der Waals surface area contributed by atoms with Crippen molar-refractivity contribution in [3.63, 3.8) is 0 Å². The quantitative estimate of drug-likeness (QED) is 0.775. The van der Waals surface area contributed by atoms with E-state index in [0.717, 1.165) is 24.9 Å². The fourth-order valence-corrected chi connectivity index (χ4v) is 2.61. The molecule has 0 spiro atoms. The molecule has 0 radical (unpaired) electrons. The second-order valence-electron chi connectivity index (χ2n) is 5.75. The molecule has 2 rings (SSSR count). The lowest BCUT2D eigenvalue weighted by molar-refractivity contribution is 0.0901. The van der Waals surface area contributed by atoms with Crippen molar-refractivity contribution in [1.29, 1.82) is 0 Å². The van der Waals surface area contributed by atoms with Gasteiger partial charge in [0.15, 0.2) is 0 Å². The molecule has 2 heteroatoms. The number of hydrogen-bond acceptors (Lipinski definition) is 2. The van der Waals surface area contributed by atoms with Crippen LogP contribution in [-0.2, 0) is 0 Å². The van der Waals surface area contributed by atoms with Crippen molar-refractivity contribution in [2.24, 2.45) is 5.41 Å². The highest BCUT2D eigenvalue weighted by atomic mass is 16.3. The fourth-order valence-electron chi connectivity index (χ4n) is 2.61. The van der Waals surface area contributed by atoms with Crippen LogP contribution < -0.4 is 5.32 Å². The fraction of sp³-hybridized carbons (Fsp3) is 0.625. The molecule has 1 fully saturated rings. The third-order valence-electron chi connectivity index (χ3n) is 4.11. The van der Waals surface area contributed by atoms with Crippen LogP contribution in [0.2, 0.25) is 0 Å². The molecule has 100 valence electrons. The Labute approximate surface area is 110 Å². The maximum absolute atomic E-state index is 10.5. The summed E-state index contributed by atoms with van der Waals surface area (Å²) >= 11 is 0. The Kier molecular flexibility index (Phi) is 4.41. The summed E-state index contributed by atoms with van der Waals surface area (Å²) in [7, 11) is 0. The van der Waals surface area contributed by atoms with Crippen LogP contribution in [0.5, 0.6) is 0 Å². The maximum atomic E-state index is 10.5. The normalized spacial score (nSPS) is 20.4. The maximum Gasteiger partial charge on any atom is 0.0858 e. The SMILES string of the molecule is CCCC(C)NCC1(C(O)c2ccccc2)CC1. The van der Waals surface area contributed by atoms with Gasteiger partial charge in [-0.15, -0.1) is 0 Å². The van der Waals surface area contributed by atoms with Gasteiger partial charge in [0.25, 0.3) is 0 Å². The number of rotatable bonds is 7. The van der Waals surface area contributed by atoms with Crippen LogP contribution in [0.3, 0.4) is 0 Å². The largest absolute Gasteiger partial charge is 0.388 e. The number of benzene rings is 1. The molecule has 18 heavy (non-hydrogen) atoms. The lowest BCUT2D eigenvalue weighted by Gasteiger charge is -2.25. The second kappa shape index (κ2) is 5.85. The predicted octanol–water partition coefficient (Wildman–Crippen LogP) is 3.28. The highest BCUT2D eigenvalue weighted by Gasteiger charge is 2.49. The average molecular weight is 247 g/mol. The van der Waals surface area contributed by atoms with Gasteiger partial charge in [-0.3, -0.25) is 0 Å². The first kappa shape index (κ1) is 13.6. The van der Waals surface area contributed by atoms with Gasteiger partial charge in [0, 0.05) is 18.0 Å². The molecule has 0 heterocycles. The standard InChI is InChI=1S/C16H25NO/c1-3-7-13(2)17-12-16(10-11-16)15(18)14-8-5-4-6-9-14/h4-6,8-9,13,15,17-18H,3,7,10-12H2,1-2H3. The van der Waals surface area contributed by atoms with Gasteiger partial charge < -0.3 is 10.4 Å². The molecule has 2 N–H and O–H groups in total. The minimum atomic E-state index is -0.319. The van der Waals surface area contributed by atoms with Gasteiger partial charge in [0.05, 0.1) is 6.10 Å². The molecule has 1 aromatic rings. The van der Waals surface area contributed by atoms with Gasteiger partial charge in [0.2, 0.25) is 0 Å². The summed E-state index contributed by atoms with van der Waals surface area (Å²) in [5.74, 6) is 0. The van der Waals surface area contributed by atoms with Crippen LogP contribution in [0, 0.1) is 5.41 Å². The first-order valence-electron chi connectivity index (χ1n) is 7.14. The molecule has 2 atom stereocenters. The van der Waals surface area contributed by atoms with Gasteiger partial charge >= 0.3 is 0 Å². The molecule has 1 aliphatic rings. The van der Waals surface area contributed by atoms with E-state index in [2.05, 4.69) is 19.2 Å². The number of aliphatic hydroxyl groups excluding tert-OH is 1. The van der Waals surface area contributed by atoms with E-state index in [1.54, 1.807) is 0 Å². The summed E-state index contributed by atoms with van der Waals surface area (Å²) in [4.78, 5) is 0. The average Bonchev–Trinajstić information content (AvgIpc) is 3.18. The van der Waals surface area contributed by atoms with Crippen molar-refractivity contribution >= 4 is 0 Å². The molecule has 1 aromatic carbocycles. The molecular formula is C16H25NO. The van der Waals surface area contributed by atoms with Crippen molar-refractivity contribution < 1.29 is 5.11 Å². The van der Waals surface area contributed by atoms with E-state index < -0.39 is 0 Å². The van der Waals surface area contributed by atoms with E-state index in [4.69, 9.17) is 0 Å². The molecule has 1 saturated carbocycles. The first-order valence-corrected chi connectivity index (χ1v) is 7.14. The first-order chi connectivity index (χ1) is 8.68. The lowest BCUT2D eigenvalue weighted by Crippen LogP contribution is -2.34. The highest BCUT2D eigenvalue weighted by molar-refractivity contribution is 5.22. The Morgan fingerprint density at radius 3 is 2.50 bits per heavy atom. The van der Waals surface area contributed by atoms with E-state index in [1.807, 2.05) is 30.3 Å². The third kappa shape index (κ3) is 3.12. The van der Waals surface area contributed by atoms with E-state index in [1.165, 1.54) is 12.8 Å². The van der Waals surface area contributed by atoms with Crippen LogP contribution in [0.15, 0.2) is 30.3 Å². The Morgan fingerprint density at radius 2 is 1.94 bits per heavy atom. The zero-order valence-corrected chi connectivity index (χ0v) is 11.5. The molecule has 0 bridgehead atoms. The van der Waals surface area contributed by atoms with Crippen molar-refractivity contribution in [2.75, 3.05) is 6.54 Å². The molecular weight excluding hydrogens is 222 g/mol. The zero-order valence-electron chi connectivity index (χ0n) is 11.5. The summed E-state index contributed by atoms with van der Waals surface area (Å²) in [5, 5.41) is 14.1. The zero-order chi connectivity index (χ0) is 13.0. The van der Waals surface area contributed by atoms with Crippen LogP contribution in [0.25, 0.3) is 0 Å². The van der Waals surface area contributed by atoms with Crippen LogP contribution in [0.1, 0.15) is 51.2 Å². The molecule has 0 saturated heterocycles. The van der Waals surface area contributed by atoms with Crippen molar-refractivity contribution in [1.82, 2.24) is 5.32 Å². The van der Waals surface area contributed by atoms with Crippen LogP contribution >= 0.6 is 0 Å². The van der Waals surface area contributed by atoms with Crippen molar-refractivity contribution in [3.05, 3.63) is 35.9 Å². The Morgan fingerprint density at radius 1 is 1.28 bits per heavy atom. The summed E-state index contributed by atoms with van der Waals surface area (Å²) in [6.45, 7) is 5.38. The smallest absolute Gasteiger partial charge is 0.0858 e. The van der Waals surface area contributed by atoms with Crippen molar-refractivity contribution in [3.8, 4) is 0 Å². The van der Waals surface area contributed by atoms with Gasteiger partial charge in [-0.25, -0.2) is 0 Å². The molecule has 1 aliphatic carbocycles. The number of aliphatic hydroxyl groups is 1. The number of hydrogen-bond donors (Lipinski definition) is 2. The lowest BCUT2D eigenvalue weighted by atomic mass is 9.92. The predicted molar refractivity (Wildman–Crippen MR) is 75.4 cm³/mol. The van der Waals surface area contributed by atoms with E-state index in [-0.39, 0.29) is 11.5 Å². The minimum absolute atomic E-state index is 0.0867. The van der Waals surface area contributed by atoms with E-state index in [0.29, 0.717) is 6.04 Å². The van der Waals surface area contributed by atoms with Gasteiger partial charge in [-0.1, -0.05) is 43.7 Å². The molecule has 0 aliphatic heterocycles. The van der Waals surface area contributed by atoms with Crippen molar-refractivity contribution in [2.45, 2.75) is 51.7 Å². The Bertz CT molecular complexity index is 359. The third-order valence-corrected chi connectivity index (χ3v) is 4.11. The Hall–Kier alpha value is -0.860. The Balaban J connectivity index is 1.91. The summed E-state index contributed by atoms with van der Waals surface area (Å²) in [6, 6.07) is 10.6.